The smallest absolute Gasteiger partial charge is 0.416 e. The van der Waals surface area contributed by atoms with Crippen LogP contribution in [-0.2, 0) is 39.2 Å². The van der Waals surface area contributed by atoms with Crippen LogP contribution in [0.25, 0.3) is 0 Å². The van der Waals surface area contributed by atoms with Gasteiger partial charge in [0.1, 0.15) is 0 Å². The van der Waals surface area contributed by atoms with Crippen molar-refractivity contribution in [1.82, 2.24) is 20.2 Å². The lowest BCUT2D eigenvalue weighted by Crippen LogP contribution is -2.46. The first kappa shape index (κ1) is 38.2. The Hall–Kier alpha value is -4.58. The van der Waals surface area contributed by atoms with Crippen LogP contribution in [0.3, 0.4) is 0 Å². The third-order valence-electron chi connectivity index (χ3n) is 8.43. The van der Waals surface area contributed by atoms with Crippen molar-refractivity contribution in [2.24, 2.45) is 5.41 Å². The van der Waals surface area contributed by atoms with E-state index < -0.39 is 82.8 Å². The fourth-order valence-corrected chi connectivity index (χ4v) is 5.81. The average Bonchev–Trinajstić information content (AvgIpc) is 3.49. The number of nitrogens with zero attached hydrogens (tertiary/aromatic N) is 5. The molecular formula is C31H33F9N6O4. The number of rotatable bonds is 9. The van der Waals surface area contributed by atoms with Gasteiger partial charge in [0, 0.05) is 6.04 Å². The highest BCUT2D eigenvalue weighted by atomic mass is 19.4. The van der Waals surface area contributed by atoms with Gasteiger partial charge in [-0.25, -0.2) is 4.79 Å². The summed E-state index contributed by atoms with van der Waals surface area (Å²) in [5.74, 6) is -1.19. The normalized spacial score (nSPS) is 17.6. The van der Waals surface area contributed by atoms with Crippen LogP contribution in [-0.4, -0.2) is 52.0 Å². The fraction of sp³-hybridized carbons (Fsp3) is 0.516. The zero-order valence-electron chi connectivity index (χ0n) is 27.3. The molecular weight excluding hydrogens is 691 g/mol. The third kappa shape index (κ3) is 8.07. The van der Waals surface area contributed by atoms with E-state index in [-0.39, 0.29) is 36.3 Å². The summed E-state index contributed by atoms with van der Waals surface area (Å²) in [7, 11) is 1.04. The summed E-state index contributed by atoms with van der Waals surface area (Å²) in [6.07, 6.45) is -16.0. The van der Waals surface area contributed by atoms with Gasteiger partial charge in [-0.05, 0) is 92.8 Å². The predicted octanol–water partition coefficient (Wildman–Crippen LogP) is 8.01. The van der Waals surface area contributed by atoms with Gasteiger partial charge in [0.25, 0.3) is 5.95 Å². The number of esters is 1. The molecule has 3 atom stereocenters. The van der Waals surface area contributed by atoms with E-state index in [1.165, 1.54) is 18.7 Å². The highest BCUT2D eigenvalue weighted by molar-refractivity contribution is 5.90. The molecule has 1 N–H and O–H groups in total. The van der Waals surface area contributed by atoms with Crippen molar-refractivity contribution in [2.45, 2.75) is 83.6 Å². The zero-order valence-corrected chi connectivity index (χ0v) is 27.3. The number of methoxy groups -OCH3 is 1. The second kappa shape index (κ2) is 14.0. The Balaban J connectivity index is 1.77. The summed E-state index contributed by atoms with van der Waals surface area (Å²) in [6.45, 7) is 5.99. The van der Waals surface area contributed by atoms with Crippen LogP contribution in [0.5, 0.6) is 0 Å². The number of hydrogen-bond acceptors (Lipinski definition) is 8. The van der Waals surface area contributed by atoms with Gasteiger partial charge in [-0.3, -0.25) is 9.69 Å². The number of ether oxygens (including phenoxy) is 2. The van der Waals surface area contributed by atoms with E-state index in [1.54, 1.807) is 13.8 Å². The first-order valence-electron chi connectivity index (χ1n) is 15.2. The molecule has 0 saturated heterocycles. The lowest BCUT2D eigenvalue weighted by atomic mass is 9.81. The third-order valence-corrected chi connectivity index (χ3v) is 8.43. The number of halogens is 9. The maximum atomic E-state index is 13.8. The van der Waals surface area contributed by atoms with E-state index in [9.17, 15) is 49.1 Å². The number of aromatic nitrogens is 4. The van der Waals surface area contributed by atoms with Gasteiger partial charge in [-0.15, -0.1) is 5.10 Å². The Morgan fingerprint density at radius 2 is 1.52 bits per heavy atom. The second-order valence-corrected chi connectivity index (χ2v) is 12.1. The van der Waals surface area contributed by atoms with Crippen molar-refractivity contribution in [3.63, 3.8) is 0 Å². The van der Waals surface area contributed by atoms with Crippen LogP contribution >= 0.6 is 0 Å². The van der Waals surface area contributed by atoms with Crippen molar-refractivity contribution in [2.75, 3.05) is 23.9 Å². The van der Waals surface area contributed by atoms with Crippen molar-refractivity contribution >= 4 is 23.7 Å². The van der Waals surface area contributed by atoms with E-state index in [4.69, 9.17) is 9.47 Å². The van der Waals surface area contributed by atoms with Crippen LogP contribution in [0.2, 0.25) is 0 Å². The molecule has 19 heteroatoms. The summed E-state index contributed by atoms with van der Waals surface area (Å²) in [5, 5.41) is 14.9. The van der Waals surface area contributed by atoms with Crippen molar-refractivity contribution in [1.29, 1.82) is 0 Å². The minimum atomic E-state index is -5.13. The van der Waals surface area contributed by atoms with E-state index >= 15 is 0 Å². The largest absolute Gasteiger partial charge is 0.469 e. The standard InChI is InChI=1S/C31H33F9N6O4/c1-6-20-15-22(21-14-17(29(32,33)34)8-9-23(21)45(20)27(48)50-7-2)41-26-42-44-46(43-26)24(28(3,4)25(47)49-5)12-16-10-18(30(35,36)37)13-19(11-16)31(38,39)40/h8-11,13-14,20,22,24H,6-7,12,15H2,1-5H3,(H,41,43)/t20-,22+,24?/m1/s1. The summed E-state index contributed by atoms with van der Waals surface area (Å²) in [5.41, 5.74) is -6.07. The lowest BCUT2D eigenvalue weighted by Gasteiger charge is -2.40. The van der Waals surface area contributed by atoms with Crippen LogP contribution < -0.4 is 10.2 Å². The molecule has 1 aromatic heterocycles. The summed E-state index contributed by atoms with van der Waals surface area (Å²) in [4.78, 5) is 27.8. The van der Waals surface area contributed by atoms with Crippen LogP contribution in [0, 0.1) is 5.41 Å². The summed E-state index contributed by atoms with van der Waals surface area (Å²) >= 11 is 0. The molecule has 2 aromatic carbocycles. The van der Waals surface area contributed by atoms with Gasteiger partial charge in [-0.1, -0.05) is 12.0 Å². The molecule has 2 heterocycles. The number of tetrazole rings is 1. The second-order valence-electron chi connectivity index (χ2n) is 12.1. The van der Waals surface area contributed by atoms with Crippen LogP contribution in [0.4, 0.5) is 55.9 Å². The van der Waals surface area contributed by atoms with E-state index in [0.717, 1.165) is 30.1 Å². The molecule has 3 aromatic rings. The maximum Gasteiger partial charge on any atom is 0.416 e. The Kier molecular flexibility index (Phi) is 10.7. The zero-order chi connectivity index (χ0) is 37.4. The van der Waals surface area contributed by atoms with Crippen LogP contribution in [0.15, 0.2) is 36.4 Å². The topological polar surface area (TPSA) is 111 Å². The predicted molar refractivity (Wildman–Crippen MR) is 159 cm³/mol. The molecule has 1 amide bonds. The number of alkyl halides is 9. The number of nitrogens with one attached hydrogen (secondary N) is 1. The molecule has 0 fully saturated rings. The van der Waals surface area contributed by atoms with Crippen LogP contribution in [0.1, 0.15) is 80.4 Å². The Morgan fingerprint density at radius 3 is 2.04 bits per heavy atom. The molecule has 4 rings (SSSR count). The van der Waals surface area contributed by atoms with E-state index in [1.807, 2.05) is 0 Å². The highest BCUT2D eigenvalue weighted by Gasteiger charge is 2.44. The molecule has 10 nitrogen and oxygen atoms in total. The molecule has 0 aliphatic carbocycles. The van der Waals surface area contributed by atoms with Crippen molar-refractivity contribution < 1.29 is 58.6 Å². The molecule has 0 spiro atoms. The summed E-state index contributed by atoms with van der Waals surface area (Å²) in [6, 6.07) is 0.975. The van der Waals surface area contributed by atoms with E-state index in [2.05, 4.69) is 20.7 Å². The molecule has 50 heavy (non-hydrogen) atoms. The molecule has 1 aliphatic heterocycles. The quantitative estimate of drug-likeness (QED) is 0.175. The molecule has 0 saturated carbocycles. The Morgan fingerprint density at radius 1 is 0.920 bits per heavy atom. The Labute approximate surface area is 279 Å². The van der Waals surface area contributed by atoms with Gasteiger partial charge in [0.05, 0.1) is 53.6 Å². The molecule has 274 valence electrons. The van der Waals surface area contributed by atoms with Gasteiger partial charge >= 0.3 is 30.6 Å². The van der Waals surface area contributed by atoms with Gasteiger partial charge in [0.15, 0.2) is 0 Å². The fourth-order valence-electron chi connectivity index (χ4n) is 5.81. The van der Waals surface area contributed by atoms with E-state index in [0.29, 0.717) is 18.6 Å². The average molecular weight is 725 g/mol. The minimum absolute atomic E-state index is 0.0115. The lowest BCUT2D eigenvalue weighted by molar-refractivity contribution is -0.154. The van der Waals surface area contributed by atoms with Gasteiger partial charge < -0.3 is 14.8 Å². The first-order valence-corrected chi connectivity index (χ1v) is 15.2. The van der Waals surface area contributed by atoms with Gasteiger partial charge in [0.2, 0.25) is 0 Å². The minimum Gasteiger partial charge on any atom is -0.469 e. The Bertz CT molecular complexity index is 1670. The molecule has 0 bridgehead atoms. The van der Waals surface area contributed by atoms with Gasteiger partial charge in [-0.2, -0.15) is 44.3 Å². The summed E-state index contributed by atoms with van der Waals surface area (Å²) < 4.78 is 133. The number of fused-ring (bicyclic) bond motifs is 1. The molecule has 0 radical (unpaired) electrons. The number of amides is 1. The van der Waals surface area contributed by atoms with Crippen molar-refractivity contribution in [3.8, 4) is 0 Å². The number of carbonyl (C=O) groups is 2. The maximum absolute atomic E-state index is 13.8. The first-order chi connectivity index (χ1) is 23.1. The molecule has 1 unspecified atom stereocenters. The highest BCUT2D eigenvalue weighted by Crippen LogP contribution is 2.44. The SMILES string of the molecule is CCOC(=O)N1c2ccc(C(F)(F)F)cc2[C@@H](Nc2nnn(C(Cc3cc(C(F)(F)F)cc(C(F)(F)F)c3)C(C)(C)C(=O)OC)n2)C[C@H]1CC. The number of carbonyl (C=O) groups excluding carboxylic acids is 2. The number of hydrogen-bond donors (Lipinski definition) is 1. The van der Waals surface area contributed by atoms with Crippen molar-refractivity contribution in [3.05, 3.63) is 64.2 Å². The number of anilines is 2. The molecule has 1 aliphatic rings. The monoisotopic (exact) mass is 724 g/mol. The number of benzene rings is 2.